The first-order valence-electron chi connectivity index (χ1n) is 13.2. The lowest BCUT2D eigenvalue weighted by Gasteiger charge is -2.35. The van der Waals surface area contributed by atoms with E-state index in [0.717, 1.165) is 67.0 Å². The summed E-state index contributed by atoms with van der Waals surface area (Å²) >= 11 is 0. The minimum atomic E-state index is -4.48. The number of anilines is 1. The number of carbonyl (C=O) groups is 1. The van der Waals surface area contributed by atoms with Crippen LogP contribution in [0.1, 0.15) is 63.0 Å². The molecule has 1 N–H and O–H groups in total. The summed E-state index contributed by atoms with van der Waals surface area (Å²) in [7, 11) is 4.78. The maximum atomic E-state index is 14.0. The first-order chi connectivity index (χ1) is 18.7. The number of nitrogens with one attached hydrogen (secondary N) is 1. The summed E-state index contributed by atoms with van der Waals surface area (Å²) in [4.78, 5) is 10.1. The zero-order chi connectivity index (χ0) is 28.2. The van der Waals surface area contributed by atoms with Gasteiger partial charge in [-0.3, -0.25) is 4.79 Å². The van der Waals surface area contributed by atoms with Crippen LogP contribution >= 0.6 is 0 Å². The number of allylic oxidation sites excluding steroid dienone is 3. The third-order valence-corrected chi connectivity index (χ3v) is 7.16. The normalized spacial score (nSPS) is 16.6. The van der Waals surface area contributed by atoms with Crippen LogP contribution in [-0.2, 0) is 11.0 Å². The molecule has 1 fully saturated rings. The van der Waals surface area contributed by atoms with Gasteiger partial charge in [0.15, 0.2) is 0 Å². The van der Waals surface area contributed by atoms with Crippen LogP contribution in [0.25, 0.3) is 0 Å². The maximum Gasteiger partial charge on any atom is 0.418 e. The molecule has 39 heavy (non-hydrogen) atoms. The molecule has 5 rings (SSSR count). The van der Waals surface area contributed by atoms with E-state index in [1.165, 1.54) is 17.7 Å². The number of carbonyl (C=O) groups excluding carboxylic acids is 1. The van der Waals surface area contributed by atoms with Crippen LogP contribution in [-0.4, -0.2) is 32.9 Å². The summed E-state index contributed by atoms with van der Waals surface area (Å²) in [6.45, 7) is 1.82. The molecule has 208 valence electrons. The summed E-state index contributed by atoms with van der Waals surface area (Å²) in [6.07, 6.45) is 1.58. The fourth-order valence-electron chi connectivity index (χ4n) is 4.98. The molecule has 0 spiro atoms. The minimum absolute atomic E-state index is 0.0604. The molecule has 1 saturated carbocycles. The average Bonchev–Trinajstić information content (AvgIpc) is 3.41. The predicted octanol–water partition coefficient (Wildman–Crippen LogP) is 7.01. The zero-order valence-corrected chi connectivity index (χ0v) is 22.7. The number of hydrazone groups is 1. The van der Waals surface area contributed by atoms with Crippen LogP contribution in [0, 0.1) is 0 Å². The second kappa shape index (κ2) is 12.0. The van der Waals surface area contributed by atoms with Crippen LogP contribution in [0.15, 0.2) is 70.0 Å². The number of amides is 1. The van der Waals surface area contributed by atoms with Gasteiger partial charge in [0.1, 0.15) is 11.5 Å². The van der Waals surface area contributed by atoms with Gasteiger partial charge in [-0.05, 0) is 79.5 Å². The summed E-state index contributed by atoms with van der Waals surface area (Å²) in [5.74, 6) is 1.31. The second-order valence-corrected chi connectivity index (χ2v) is 9.52. The van der Waals surface area contributed by atoms with Crippen LogP contribution in [0.2, 0.25) is 0 Å². The number of benzene rings is 2. The van der Waals surface area contributed by atoms with E-state index in [9.17, 15) is 18.0 Å². The molecule has 9 heteroatoms. The molecule has 0 aromatic heterocycles. The van der Waals surface area contributed by atoms with Gasteiger partial charge in [-0.2, -0.15) is 18.3 Å². The number of alkyl halides is 3. The van der Waals surface area contributed by atoms with Crippen molar-refractivity contribution in [1.29, 1.82) is 0 Å². The molecule has 0 radical (unpaired) electrons. The lowest BCUT2D eigenvalue weighted by atomic mass is 9.85. The number of hydrogen-bond donors (Lipinski definition) is 1. The van der Waals surface area contributed by atoms with Gasteiger partial charge in [0.2, 0.25) is 5.91 Å². The van der Waals surface area contributed by atoms with Crippen LogP contribution in [0.4, 0.5) is 18.9 Å². The third-order valence-electron chi connectivity index (χ3n) is 7.16. The highest BCUT2D eigenvalue weighted by atomic mass is 19.4. The Hall–Kier alpha value is -3.75. The van der Waals surface area contributed by atoms with Crippen LogP contribution < -0.4 is 19.8 Å². The van der Waals surface area contributed by atoms with Crippen molar-refractivity contribution in [2.24, 2.45) is 5.10 Å². The van der Waals surface area contributed by atoms with Crippen molar-refractivity contribution in [3.63, 3.8) is 0 Å². The molecule has 1 heterocycles. The maximum absolute atomic E-state index is 14.0. The molecule has 3 aliphatic rings. The van der Waals surface area contributed by atoms with Crippen molar-refractivity contribution in [3.8, 4) is 11.5 Å². The molecule has 0 unspecified atom stereocenters. The molecule has 0 bridgehead atoms. The van der Waals surface area contributed by atoms with E-state index in [1.807, 2.05) is 19.1 Å². The van der Waals surface area contributed by atoms with Gasteiger partial charge in [0, 0.05) is 25.1 Å². The third kappa shape index (κ3) is 5.97. The Morgan fingerprint density at radius 3 is 2.10 bits per heavy atom. The first-order valence-corrected chi connectivity index (χ1v) is 13.2. The van der Waals surface area contributed by atoms with Gasteiger partial charge in [-0.25, -0.2) is 5.01 Å². The van der Waals surface area contributed by atoms with Crippen LogP contribution in [0.3, 0.4) is 0 Å². The van der Waals surface area contributed by atoms with Gasteiger partial charge in [0.25, 0.3) is 0 Å². The van der Waals surface area contributed by atoms with E-state index >= 15 is 0 Å². The highest BCUT2D eigenvalue weighted by Crippen LogP contribution is 2.48. The van der Waals surface area contributed by atoms with E-state index in [-0.39, 0.29) is 11.6 Å². The summed E-state index contributed by atoms with van der Waals surface area (Å²) in [6, 6.07) is 11.2. The van der Waals surface area contributed by atoms with E-state index in [4.69, 9.17) is 14.6 Å². The van der Waals surface area contributed by atoms with Crippen molar-refractivity contribution in [3.05, 3.63) is 76.0 Å². The smallest absolute Gasteiger partial charge is 0.418 e. The molecule has 0 saturated heterocycles. The molecular formula is C30H34F3N3O3. The number of rotatable bonds is 5. The minimum Gasteiger partial charge on any atom is -0.497 e. The number of halogens is 3. The van der Waals surface area contributed by atoms with E-state index < -0.39 is 11.7 Å². The number of para-hydroxylation sites is 1. The molecule has 2 aliphatic carbocycles. The predicted molar refractivity (Wildman–Crippen MR) is 146 cm³/mol. The molecule has 2 aromatic carbocycles. The Labute approximate surface area is 227 Å². The molecule has 0 atom stereocenters. The van der Waals surface area contributed by atoms with Crippen molar-refractivity contribution in [2.45, 2.75) is 58.0 Å². The molecule has 2 aromatic rings. The van der Waals surface area contributed by atoms with Gasteiger partial charge in [-0.1, -0.05) is 19.1 Å². The molecule has 6 nitrogen and oxygen atoms in total. The Balaban J connectivity index is 0.000000531. The van der Waals surface area contributed by atoms with Crippen molar-refractivity contribution < 1.29 is 27.4 Å². The topological polar surface area (TPSA) is 63.2 Å². The number of ether oxygens (including phenoxy) is 2. The lowest BCUT2D eigenvalue weighted by molar-refractivity contribution is -0.137. The number of hydrogen-bond acceptors (Lipinski definition) is 5. The number of methoxy groups -OCH3 is 2. The lowest BCUT2D eigenvalue weighted by Crippen LogP contribution is -2.30. The Morgan fingerprint density at radius 2 is 1.59 bits per heavy atom. The van der Waals surface area contributed by atoms with E-state index in [0.29, 0.717) is 23.6 Å². The van der Waals surface area contributed by atoms with Crippen molar-refractivity contribution in [1.82, 2.24) is 5.32 Å². The fourth-order valence-corrected chi connectivity index (χ4v) is 4.98. The summed E-state index contributed by atoms with van der Waals surface area (Å²) in [5.41, 5.74) is 5.11. The standard InChI is InChI=1S/C26H25F3N2O2.C4H9NO/c1-32-18-13-17(14-19(15-18)33-2)24-20-9-6-10-21(20)25(16-7-5-8-16)31(30-24)23-12-4-3-11-22(23)26(27,28)29;1-3-4(6)5-2/h3-4,11-15H,5-10H2,1-2H3;3H2,1-2H3,(H,5,6). The monoisotopic (exact) mass is 541 g/mol. The Morgan fingerprint density at radius 1 is 0.974 bits per heavy atom. The van der Waals surface area contributed by atoms with Gasteiger partial charge in [-0.15, -0.1) is 0 Å². The Bertz CT molecular complexity index is 1290. The number of nitrogens with zero attached hydrogens (tertiary/aromatic N) is 2. The molecule has 1 amide bonds. The SMILES string of the molecule is CCC(=O)NC.COc1cc(OC)cc(C2=NN(c3ccccc3C(F)(F)F)C(=C3CCC3)C3=C2CCC3)c1. The van der Waals surface area contributed by atoms with Gasteiger partial charge >= 0.3 is 6.18 Å². The van der Waals surface area contributed by atoms with Crippen molar-refractivity contribution >= 4 is 17.3 Å². The van der Waals surface area contributed by atoms with Gasteiger partial charge in [0.05, 0.1) is 36.9 Å². The Kier molecular flexibility index (Phi) is 8.67. The highest BCUT2D eigenvalue weighted by molar-refractivity contribution is 6.15. The largest absolute Gasteiger partial charge is 0.497 e. The molecular weight excluding hydrogens is 507 g/mol. The van der Waals surface area contributed by atoms with Crippen LogP contribution in [0.5, 0.6) is 11.5 Å². The zero-order valence-electron chi connectivity index (χ0n) is 22.7. The average molecular weight is 542 g/mol. The second-order valence-electron chi connectivity index (χ2n) is 9.52. The van der Waals surface area contributed by atoms with Crippen molar-refractivity contribution in [2.75, 3.05) is 26.3 Å². The quantitative estimate of drug-likeness (QED) is 0.442. The summed E-state index contributed by atoms with van der Waals surface area (Å²) in [5, 5.41) is 8.92. The first kappa shape index (κ1) is 28.3. The highest BCUT2D eigenvalue weighted by Gasteiger charge is 2.39. The fraction of sp³-hybridized carbons (Fsp3) is 0.400. The molecule has 1 aliphatic heterocycles. The van der Waals surface area contributed by atoms with Gasteiger partial charge < -0.3 is 14.8 Å². The summed E-state index contributed by atoms with van der Waals surface area (Å²) < 4.78 is 52.8. The van der Waals surface area contributed by atoms with E-state index in [1.54, 1.807) is 38.4 Å². The van der Waals surface area contributed by atoms with E-state index in [2.05, 4.69) is 5.32 Å².